The third kappa shape index (κ3) is 4.83. The van der Waals surface area contributed by atoms with Crippen LogP contribution in [0.5, 0.6) is 0 Å². The van der Waals surface area contributed by atoms with Crippen LogP contribution in [0.25, 0.3) is 0 Å². The first-order valence-corrected chi connectivity index (χ1v) is 6.65. The van der Waals surface area contributed by atoms with Crippen molar-refractivity contribution in [3.8, 4) is 0 Å². The molecule has 5 heteroatoms. The number of aliphatic carboxylic acids is 1. The Balaban J connectivity index is 2.37. The van der Waals surface area contributed by atoms with Crippen molar-refractivity contribution in [3.63, 3.8) is 0 Å². The van der Waals surface area contributed by atoms with Crippen LogP contribution in [0, 0.1) is 6.92 Å². The van der Waals surface area contributed by atoms with Gasteiger partial charge in [-0.25, -0.2) is 0 Å². The molecule has 4 nitrogen and oxygen atoms in total. The molecule has 0 radical (unpaired) electrons. The molecule has 2 N–H and O–H groups in total. The maximum absolute atomic E-state index is 11.0. The second kappa shape index (κ2) is 6.71. The van der Waals surface area contributed by atoms with Gasteiger partial charge < -0.3 is 14.8 Å². The van der Waals surface area contributed by atoms with Gasteiger partial charge in [-0.3, -0.25) is 4.79 Å². The lowest BCUT2D eigenvalue weighted by Gasteiger charge is -2.16. The summed E-state index contributed by atoms with van der Waals surface area (Å²) in [5, 5.41) is 12.1. The van der Waals surface area contributed by atoms with Gasteiger partial charge in [0.05, 0.1) is 6.26 Å². The van der Waals surface area contributed by atoms with Gasteiger partial charge in [-0.2, -0.15) is 0 Å². The molecular weight excluding hydrogens is 238 g/mol. The van der Waals surface area contributed by atoms with Crippen LogP contribution < -0.4 is 5.32 Å². The smallest absolute Gasteiger partial charge is 0.320 e. The molecule has 0 aromatic carbocycles. The molecule has 1 rings (SSSR count). The standard InChI is InChI=1S/C12H19NO3S/c1-8(2)13-10(12(14)15)5-7-17-11-4-6-16-9(11)3/h4,6,8,10,13H,5,7H2,1-3H3,(H,14,15). The maximum atomic E-state index is 11.0. The minimum Gasteiger partial charge on any atom is -0.480 e. The molecule has 0 aliphatic heterocycles. The number of hydrogen-bond acceptors (Lipinski definition) is 4. The fourth-order valence-corrected chi connectivity index (χ4v) is 2.47. The molecule has 1 heterocycles. The minimum absolute atomic E-state index is 0.178. The number of furan rings is 1. The molecule has 96 valence electrons. The first kappa shape index (κ1) is 14.1. The molecular formula is C12H19NO3S. The summed E-state index contributed by atoms with van der Waals surface area (Å²) in [7, 11) is 0. The van der Waals surface area contributed by atoms with E-state index in [1.165, 1.54) is 0 Å². The van der Waals surface area contributed by atoms with Crippen molar-refractivity contribution >= 4 is 17.7 Å². The van der Waals surface area contributed by atoms with Gasteiger partial charge >= 0.3 is 5.97 Å². The van der Waals surface area contributed by atoms with E-state index in [4.69, 9.17) is 9.52 Å². The Morgan fingerprint density at radius 1 is 1.59 bits per heavy atom. The van der Waals surface area contributed by atoms with Crippen molar-refractivity contribution in [2.24, 2.45) is 0 Å². The molecule has 0 spiro atoms. The van der Waals surface area contributed by atoms with Crippen LogP contribution in [0.1, 0.15) is 26.0 Å². The summed E-state index contributed by atoms with van der Waals surface area (Å²) >= 11 is 1.63. The van der Waals surface area contributed by atoms with Crippen molar-refractivity contribution in [3.05, 3.63) is 18.1 Å². The Morgan fingerprint density at radius 2 is 2.29 bits per heavy atom. The molecule has 0 aliphatic rings. The molecule has 1 aromatic rings. The first-order chi connectivity index (χ1) is 8.00. The van der Waals surface area contributed by atoms with Crippen LogP contribution in [0.2, 0.25) is 0 Å². The van der Waals surface area contributed by atoms with E-state index in [-0.39, 0.29) is 6.04 Å². The number of carboxylic acid groups (broad SMARTS) is 1. The predicted molar refractivity (Wildman–Crippen MR) is 68.5 cm³/mol. The quantitative estimate of drug-likeness (QED) is 0.735. The van der Waals surface area contributed by atoms with Gasteiger partial charge in [0.1, 0.15) is 11.8 Å². The van der Waals surface area contributed by atoms with Crippen molar-refractivity contribution < 1.29 is 14.3 Å². The average Bonchev–Trinajstić information content (AvgIpc) is 2.62. The van der Waals surface area contributed by atoms with Gasteiger partial charge in [-0.1, -0.05) is 13.8 Å². The van der Waals surface area contributed by atoms with Gasteiger partial charge in [0.2, 0.25) is 0 Å². The summed E-state index contributed by atoms with van der Waals surface area (Å²) in [4.78, 5) is 12.1. The molecule has 0 saturated heterocycles. The van der Waals surface area contributed by atoms with Crippen molar-refractivity contribution in [1.82, 2.24) is 5.32 Å². The van der Waals surface area contributed by atoms with Crippen molar-refractivity contribution in [1.29, 1.82) is 0 Å². The lowest BCUT2D eigenvalue weighted by molar-refractivity contribution is -0.139. The van der Waals surface area contributed by atoms with E-state index >= 15 is 0 Å². The van der Waals surface area contributed by atoms with Crippen LogP contribution in [0.15, 0.2) is 21.6 Å². The lowest BCUT2D eigenvalue weighted by Crippen LogP contribution is -2.41. The Kier molecular flexibility index (Phi) is 5.58. The largest absolute Gasteiger partial charge is 0.480 e. The highest BCUT2D eigenvalue weighted by molar-refractivity contribution is 7.99. The molecule has 1 unspecified atom stereocenters. The molecule has 1 atom stereocenters. The van der Waals surface area contributed by atoms with E-state index in [0.717, 1.165) is 16.4 Å². The molecule has 0 fully saturated rings. The van der Waals surface area contributed by atoms with Crippen LogP contribution in [-0.4, -0.2) is 28.9 Å². The average molecular weight is 257 g/mol. The van der Waals surface area contributed by atoms with Crippen LogP contribution in [-0.2, 0) is 4.79 Å². The number of nitrogens with one attached hydrogen (secondary N) is 1. The zero-order valence-electron chi connectivity index (χ0n) is 10.4. The minimum atomic E-state index is -0.789. The molecule has 1 aromatic heterocycles. The van der Waals surface area contributed by atoms with Gasteiger partial charge in [-0.05, 0) is 19.4 Å². The number of carbonyl (C=O) groups is 1. The fourth-order valence-electron chi connectivity index (χ4n) is 1.49. The highest BCUT2D eigenvalue weighted by atomic mass is 32.2. The zero-order valence-corrected chi connectivity index (χ0v) is 11.2. The third-order valence-corrected chi connectivity index (χ3v) is 3.48. The Bertz CT molecular complexity index is 362. The zero-order chi connectivity index (χ0) is 12.8. The highest BCUT2D eigenvalue weighted by Crippen LogP contribution is 2.24. The third-order valence-electron chi connectivity index (χ3n) is 2.31. The van der Waals surface area contributed by atoms with E-state index in [1.807, 2.05) is 26.8 Å². The maximum Gasteiger partial charge on any atom is 0.320 e. The molecule has 0 amide bonds. The number of thioether (sulfide) groups is 1. The number of rotatable bonds is 7. The van der Waals surface area contributed by atoms with Gasteiger partial charge in [0, 0.05) is 16.7 Å². The van der Waals surface area contributed by atoms with Crippen molar-refractivity contribution in [2.75, 3.05) is 5.75 Å². The molecule has 0 saturated carbocycles. The van der Waals surface area contributed by atoms with E-state index in [9.17, 15) is 4.79 Å². The normalized spacial score (nSPS) is 12.9. The van der Waals surface area contributed by atoms with Crippen molar-refractivity contribution in [2.45, 2.75) is 44.2 Å². The first-order valence-electron chi connectivity index (χ1n) is 5.66. The summed E-state index contributed by atoms with van der Waals surface area (Å²) < 4.78 is 5.18. The van der Waals surface area contributed by atoms with Crippen LogP contribution in [0.3, 0.4) is 0 Å². The highest BCUT2D eigenvalue weighted by Gasteiger charge is 2.17. The topological polar surface area (TPSA) is 62.5 Å². The number of aryl methyl sites for hydroxylation is 1. The predicted octanol–water partition coefficient (Wildman–Crippen LogP) is 2.52. The van der Waals surface area contributed by atoms with E-state index in [1.54, 1.807) is 18.0 Å². The second-order valence-electron chi connectivity index (χ2n) is 4.19. The Hall–Kier alpha value is -0.940. The van der Waals surface area contributed by atoms with Crippen LogP contribution in [0.4, 0.5) is 0 Å². The van der Waals surface area contributed by atoms with Gasteiger partial charge in [0.15, 0.2) is 0 Å². The Labute approximate surface area is 106 Å². The summed E-state index contributed by atoms with van der Waals surface area (Å²) in [6.45, 7) is 5.80. The Morgan fingerprint density at radius 3 is 2.76 bits per heavy atom. The molecule has 0 aliphatic carbocycles. The monoisotopic (exact) mass is 257 g/mol. The molecule has 0 bridgehead atoms. The fraction of sp³-hybridized carbons (Fsp3) is 0.583. The van der Waals surface area contributed by atoms with E-state index < -0.39 is 12.0 Å². The van der Waals surface area contributed by atoms with Gasteiger partial charge in [0.25, 0.3) is 0 Å². The number of hydrogen-bond donors (Lipinski definition) is 2. The summed E-state index contributed by atoms with van der Waals surface area (Å²) in [6.07, 6.45) is 2.25. The summed E-state index contributed by atoms with van der Waals surface area (Å²) in [5.41, 5.74) is 0. The van der Waals surface area contributed by atoms with Crippen LogP contribution >= 0.6 is 11.8 Å². The molecule has 17 heavy (non-hydrogen) atoms. The second-order valence-corrected chi connectivity index (χ2v) is 5.33. The summed E-state index contributed by atoms with van der Waals surface area (Å²) in [5.74, 6) is 0.860. The van der Waals surface area contributed by atoms with E-state index in [0.29, 0.717) is 6.42 Å². The summed E-state index contributed by atoms with van der Waals surface area (Å²) in [6, 6.07) is 1.61. The number of carboxylic acids is 1. The van der Waals surface area contributed by atoms with E-state index in [2.05, 4.69) is 5.32 Å². The van der Waals surface area contributed by atoms with Gasteiger partial charge in [-0.15, -0.1) is 11.8 Å². The lowest BCUT2D eigenvalue weighted by atomic mass is 10.2. The SMILES string of the molecule is Cc1occc1SCCC(NC(C)C)C(=O)O.